The van der Waals surface area contributed by atoms with E-state index in [0.717, 1.165) is 0 Å². The Hall–Kier alpha value is -4.98. The smallest absolute Gasteiger partial charge is 0.161 e. The monoisotopic (exact) mass is 514 g/mol. The van der Waals surface area contributed by atoms with E-state index in [4.69, 9.17) is 9.47 Å². The Morgan fingerprint density at radius 1 is 0.579 bits per heavy atom. The van der Waals surface area contributed by atoms with Crippen molar-refractivity contribution < 1.29 is 40.1 Å². The number of phenolic OH excluding ortho intramolecular Hbond substituents is 6. The number of hydrogen-bond donors (Lipinski definition) is 6. The van der Waals surface area contributed by atoms with Gasteiger partial charge >= 0.3 is 0 Å². The largest absolute Gasteiger partial charge is 0.508 e. The number of phenols is 6. The minimum atomic E-state index is -0.565. The number of rotatable bonds is 5. The highest BCUT2D eigenvalue weighted by Crippen LogP contribution is 2.59. The van der Waals surface area contributed by atoms with E-state index in [1.54, 1.807) is 30.3 Å². The third kappa shape index (κ3) is 4.26. The summed E-state index contributed by atoms with van der Waals surface area (Å²) in [5, 5.41) is 62.5. The standard InChI is InChI=1S/C30H26O8/c1-37-26-8-15(3-5-23(26)34)7-21-22-13-20(33)14-25(36)30(22)29(16-4-6-24(35)27(11-16)38-2)28(21)17-9-18(31)12-19(32)10-17/h3-14,28-29,31-36H,1-2H3/b21-7+/t28-,29-/m1/s1. The molecule has 0 aliphatic heterocycles. The van der Waals surface area contributed by atoms with Gasteiger partial charge in [-0.15, -0.1) is 0 Å². The van der Waals surface area contributed by atoms with Gasteiger partial charge in [0.2, 0.25) is 0 Å². The van der Waals surface area contributed by atoms with Crippen LogP contribution in [0.5, 0.6) is 46.0 Å². The second-order valence-corrected chi connectivity index (χ2v) is 9.13. The van der Waals surface area contributed by atoms with E-state index in [0.29, 0.717) is 33.4 Å². The second-order valence-electron chi connectivity index (χ2n) is 9.13. The van der Waals surface area contributed by atoms with Gasteiger partial charge in [0.05, 0.1) is 14.2 Å². The van der Waals surface area contributed by atoms with Crippen molar-refractivity contribution in [1.82, 2.24) is 0 Å². The molecule has 1 aliphatic carbocycles. The van der Waals surface area contributed by atoms with Crippen LogP contribution < -0.4 is 9.47 Å². The lowest BCUT2D eigenvalue weighted by Gasteiger charge is -2.24. The molecule has 5 rings (SSSR count). The van der Waals surface area contributed by atoms with Crippen LogP contribution in [0.25, 0.3) is 11.6 Å². The zero-order valence-electron chi connectivity index (χ0n) is 20.6. The Labute approximate surface area is 218 Å². The van der Waals surface area contributed by atoms with Gasteiger partial charge in [0.1, 0.15) is 23.0 Å². The van der Waals surface area contributed by atoms with E-state index in [2.05, 4.69) is 0 Å². The van der Waals surface area contributed by atoms with Crippen LogP contribution in [0.15, 0.2) is 66.7 Å². The first-order valence-corrected chi connectivity index (χ1v) is 11.7. The number of fused-ring (bicyclic) bond motifs is 1. The van der Waals surface area contributed by atoms with E-state index in [1.807, 2.05) is 6.08 Å². The number of ether oxygens (including phenoxy) is 2. The molecule has 0 heterocycles. The Balaban J connectivity index is 1.84. The molecule has 4 aromatic carbocycles. The summed E-state index contributed by atoms with van der Waals surface area (Å²) in [7, 11) is 2.88. The average molecular weight is 515 g/mol. The molecule has 0 aromatic heterocycles. The first-order valence-electron chi connectivity index (χ1n) is 11.7. The maximum absolute atomic E-state index is 11.1. The van der Waals surface area contributed by atoms with Crippen LogP contribution in [0.4, 0.5) is 0 Å². The topological polar surface area (TPSA) is 140 Å². The van der Waals surface area contributed by atoms with E-state index in [9.17, 15) is 30.6 Å². The summed E-state index contributed by atoms with van der Waals surface area (Å²) in [5.41, 5.74) is 3.63. The lowest BCUT2D eigenvalue weighted by molar-refractivity contribution is 0.372. The molecule has 0 unspecified atom stereocenters. The zero-order valence-corrected chi connectivity index (χ0v) is 20.6. The van der Waals surface area contributed by atoms with Crippen molar-refractivity contribution in [3.63, 3.8) is 0 Å². The molecule has 6 N–H and O–H groups in total. The maximum atomic E-state index is 11.1. The van der Waals surface area contributed by atoms with Crippen molar-refractivity contribution in [2.45, 2.75) is 11.8 Å². The van der Waals surface area contributed by atoms with Crippen molar-refractivity contribution >= 4 is 11.6 Å². The van der Waals surface area contributed by atoms with Crippen molar-refractivity contribution in [1.29, 1.82) is 0 Å². The Morgan fingerprint density at radius 2 is 1.18 bits per heavy atom. The van der Waals surface area contributed by atoms with Gasteiger partial charge < -0.3 is 40.1 Å². The average Bonchev–Trinajstić information content (AvgIpc) is 3.19. The molecule has 0 amide bonds. The fourth-order valence-corrected chi connectivity index (χ4v) is 5.25. The highest BCUT2D eigenvalue weighted by Gasteiger charge is 2.41. The number of allylic oxidation sites excluding steroid dienone is 1. The van der Waals surface area contributed by atoms with E-state index >= 15 is 0 Å². The van der Waals surface area contributed by atoms with Crippen LogP contribution in [0.1, 0.15) is 39.7 Å². The fourth-order valence-electron chi connectivity index (χ4n) is 5.25. The summed E-state index contributed by atoms with van der Waals surface area (Å²) in [6, 6.07) is 16.8. The minimum absolute atomic E-state index is 0.0275. The zero-order chi connectivity index (χ0) is 27.1. The number of methoxy groups -OCH3 is 2. The minimum Gasteiger partial charge on any atom is -0.508 e. The molecule has 4 aromatic rings. The molecule has 2 atom stereocenters. The predicted octanol–water partition coefficient (Wildman–Crippen LogP) is 5.41. The normalized spacial score (nSPS) is 17.4. The van der Waals surface area contributed by atoms with Crippen LogP contribution in [-0.2, 0) is 0 Å². The summed E-state index contributed by atoms with van der Waals surface area (Å²) in [6.45, 7) is 0. The molecular formula is C30H26O8. The quantitative estimate of drug-likeness (QED) is 0.208. The molecule has 0 fully saturated rings. The number of aromatic hydroxyl groups is 6. The highest BCUT2D eigenvalue weighted by molar-refractivity contribution is 5.93. The lowest BCUT2D eigenvalue weighted by Crippen LogP contribution is -2.08. The fraction of sp³-hybridized carbons (Fsp3) is 0.133. The highest BCUT2D eigenvalue weighted by atomic mass is 16.5. The Morgan fingerprint density at radius 3 is 1.84 bits per heavy atom. The summed E-state index contributed by atoms with van der Waals surface area (Å²) in [6.07, 6.45) is 1.84. The van der Waals surface area contributed by atoms with Crippen LogP contribution in [0.3, 0.4) is 0 Å². The van der Waals surface area contributed by atoms with Gasteiger partial charge in [-0.1, -0.05) is 18.2 Å². The first kappa shape index (κ1) is 24.7. The van der Waals surface area contributed by atoms with Gasteiger partial charge in [-0.3, -0.25) is 0 Å². The maximum Gasteiger partial charge on any atom is 0.161 e. The van der Waals surface area contributed by atoms with Gasteiger partial charge in [-0.05, 0) is 70.3 Å². The molecule has 8 heteroatoms. The lowest BCUT2D eigenvalue weighted by atomic mass is 9.79. The molecule has 0 spiro atoms. The van der Waals surface area contributed by atoms with Crippen LogP contribution >= 0.6 is 0 Å². The van der Waals surface area contributed by atoms with Crippen molar-refractivity contribution in [2.24, 2.45) is 0 Å². The molecule has 0 saturated heterocycles. The van der Waals surface area contributed by atoms with Crippen molar-refractivity contribution in [2.75, 3.05) is 14.2 Å². The molecule has 1 aliphatic rings. The molecule has 0 bridgehead atoms. The number of benzene rings is 4. The molecule has 0 saturated carbocycles. The van der Waals surface area contributed by atoms with Crippen LogP contribution in [-0.4, -0.2) is 44.9 Å². The summed E-state index contributed by atoms with van der Waals surface area (Å²) in [4.78, 5) is 0. The van der Waals surface area contributed by atoms with E-state index < -0.39 is 11.8 Å². The van der Waals surface area contributed by atoms with Gasteiger partial charge in [0.25, 0.3) is 0 Å². The summed E-state index contributed by atoms with van der Waals surface area (Å²) < 4.78 is 10.6. The summed E-state index contributed by atoms with van der Waals surface area (Å²) >= 11 is 0. The second kappa shape index (κ2) is 9.48. The molecular weight excluding hydrogens is 488 g/mol. The van der Waals surface area contributed by atoms with Gasteiger partial charge in [-0.2, -0.15) is 0 Å². The molecule has 8 nitrogen and oxygen atoms in total. The van der Waals surface area contributed by atoms with E-state index in [1.165, 1.54) is 50.6 Å². The third-order valence-electron chi connectivity index (χ3n) is 6.81. The first-order chi connectivity index (χ1) is 18.2. The van der Waals surface area contributed by atoms with Crippen LogP contribution in [0.2, 0.25) is 0 Å². The van der Waals surface area contributed by atoms with Gasteiger partial charge in [0, 0.05) is 29.5 Å². The van der Waals surface area contributed by atoms with Gasteiger partial charge in [0.15, 0.2) is 23.0 Å². The van der Waals surface area contributed by atoms with Crippen molar-refractivity contribution in [3.8, 4) is 46.0 Å². The molecule has 194 valence electrons. The Bertz CT molecular complexity index is 1550. The van der Waals surface area contributed by atoms with Crippen molar-refractivity contribution in [3.05, 3.63) is 94.5 Å². The number of hydrogen-bond acceptors (Lipinski definition) is 8. The molecule has 0 radical (unpaired) electrons. The third-order valence-corrected chi connectivity index (χ3v) is 6.81. The van der Waals surface area contributed by atoms with E-state index in [-0.39, 0.29) is 46.0 Å². The summed E-state index contributed by atoms with van der Waals surface area (Å²) in [5.74, 6) is -1.27. The Kier molecular flexibility index (Phi) is 6.16. The van der Waals surface area contributed by atoms with Gasteiger partial charge in [-0.25, -0.2) is 0 Å². The molecule has 38 heavy (non-hydrogen) atoms. The van der Waals surface area contributed by atoms with Crippen LogP contribution in [0, 0.1) is 0 Å². The SMILES string of the molecule is COc1cc(/C=C2\c3cc(O)cc(O)c3[C@H](c3ccc(O)c(OC)c3)[C@@H]2c2cc(O)cc(O)c2)ccc1O. The predicted molar refractivity (Wildman–Crippen MR) is 141 cm³/mol.